The van der Waals surface area contributed by atoms with Crippen molar-refractivity contribution >= 4 is 17.7 Å². The van der Waals surface area contributed by atoms with Gasteiger partial charge in [0.2, 0.25) is 0 Å². The summed E-state index contributed by atoms with van der Waals surface area (Å²) in [6, 6.07) is 1.40. The Balaban J connectivity index is 3.01. The van der Waals surface area contributed by atoms with E-state index in [0.29, 0.717) is 0 Å². The van der Waals surface area contributed by atoms with Crippen LogP contribution in [0.1, 0.15) is 49.9 Å². The Labute approximate surface area is 129 Å². The number of ether oxygens (including phenoxy) is 2. The van der Waals surface area contributed by atoms with Crippen molar-refractivity contribution in [3.63, 3.8) is 0 Å². The first kappa shape index (κ1) is 17.9. The first-order valence-electron chi connectivity index (χ1n) is 6.82. The Bertz CT molecular complexity index is 552. The third-order valence-corrected chi connectivity index (χ3v) is 2.37. The molecule has 8 nitrogen and oxygen atoms in total. The molecule has 1 aromatic heterocycles. The normalized spacial score (nSPS) is 11.2. The third kappa shape index (κ3) is 5.30. The van der Waals surface area contributed by atoms with Crippen molar-refractivity contribution in [2.24, 2.45) is 11.5 Å². The average Bonchev–Trinajstić information content (AvgIpc) is 2.36. The summed E-state index contributed by atoms with van der Waals surface area (Å²) in [5, 5.41) is 2.49. The van der Waals surface area contributed by atoms with Gasteiger partial charge in [0.05, 0.1) is 35.9 Å². The highest BCUT2D eigenvalue weighted by Crippen LogP contribution is 2.18. The molecule has 122 valence electrons. The van der Waals surface area contributed by atoms with Crippen LogP contribution in [0.25, 0.3) is 0 Å². The van der Waals surface area contributed by atoms with Crippen LogP contribution in [0.15, 0.2) is 12.3 Å². The minimum Gasteiger partial charge on any atom is -0.462 e. The number of carbonyl (C=O) groups excluding carboxylic acids is 2. The lowest BCUT2D eigenvalue weighted by Gasteiger charge is -2.20. The molecular weight excluding hydrogens is 288 g/mol. The summed E-state index contributed by atoms with van der Waals surface area (Å²) in [4.78, 5) is 27.7. The number of nitrogens with two attached hydrogens (primary N) is 2. The number of pyridine rings is 1. The second-order valence-corrected chi connectivity index (χ2v) is 5.53. The van der Waals surface area contributed by atoms with Crippen molar-refractivity contribution < 1.29 is 19.1 Å². The summed E-state index contributed by atoms with van der Waals surface area (Å²) in [6.45, 7) is 7.10. The molecule has 22 heavy (non-hydrogen) atoms. The van der Waals surface area contributed by atoms with Gasteiger partial charge in [0.25, 0.3) is 0 Å². The smallest absolute Gasteiger partial charge is 0.412 e. The van der Waals surface area contributed by atoms with Gasteiger partial charge in [0.15, 0.2) is 0 Å². The van der Waals surface area contributed by atoms with Crippen LogP contribution in [-0.2, 0) is 9.47 Å². The summed E-state index contributed by atoms with van der Waals surface area (Å²) in [7, 11) is 0. The van der Waals surface area contributed by atoms with Crippen molar-refractivity contribution in [3.05, 3.63) is 23.5 Å². The van der Waals surface area contributed by atoms with Gasteiger partial charge < -0.3 is 20.9 Å². The lowest BCUT2D eigenvalue weighted by atomic mass is 10.1. The average molecular weight is 310 g/mol. The van der Waals surface area contributed by atoms with E-state index in [0.717, 1.165) is 0 Å². The van der Waals surface area contributed by atoms with Gasteiger partial charge in [-0.2, -0.15) is 0 Å². The lowest BCUT2D eigenvalue weighted by molar-refractivity contribution is 0.0522. The van der Waals surface area contributed by atoms with Crippen molar-refractivity contribution in [3.8, 4) is 0 Å². The largest absolute Gasteiger partial charge is 0.462 e. The van der Waals surface area contributed by atoms with Crippen LogP contribution in [0.3, 0.4) is 0 Å². The van der Waals surface area contributed by atoms with Gasteiger partial charge in [0, 0.05) is 0 Å². The summed E-state index contributed by atoms with van der Waals surface area (Å²) in [5.41, 5.74) is 11.1. The number of nitrogens with one attached hydrogen (secondary N) is 1. The molecule has 0 aromatic carbocycles. The zero-order valence-corrected chi connectivity index (χ0v) is 13.2. The number of rotatable bonds is 4. The van der Waals surface area contributed by atoms with E-state index in [2.05, 4.69) is 10.3 Å². The Kier molecular flexibility index (Phi) is 5.84. The predicted molar refractivity (Wildman–Crippen MR) is 81.2 cm³/mol. The first-order chi connectivity index (χ1) is 10.1. The van der Waals surface area contributed by atoms with E-state index < -0.39 is 23.8 Å². The molecule has 0 atom stereocenters. The fraction of sp³-hybridized carbons (Fsp3) is 0.500. The minimum absolute atomic E-state index is 0.102. The fourth-order valence-electron chi connectivity index (χ4n) is 1.60. The molecule has 0 spiro atoms. The fourth-order valence-corrected chi connectivity index (χ4v) is 1.60. The molecule has 1 amide bonds. The third-order valence-electron chi connectivity index (χ3n) is 2.37. The minimum atomic E-state index is -0.935. The van der Waals surface area contributed by atoms with Crippen molar-refractivity contribution in [2.75, 3.05) is 11.9 Å². The molecule has 0 saturated heterocycles. The SMILES string of the molecule is CCOC(=O)c1cc(NC(=O)OC(C)(C)C)cnc1C(N)N. The number of anilines is 1. The van der Waals surface area contributed by atoms with Gasteiger partial charge in [-0.25, -0.2) is 9.59 Å². The number of carbonyl (C=O) groups is 2. The molecule has 0 fully saturated rings. The maximum absolute atomic E-state index is 11.9. The topological polar surface area (TPSA) is 130 Å². The number of nitrogens with zero attached hydrogens (tertiary/aromatic N) is 1. The van der Waals surface area contributed by atoms with Gasteiger partial charge in [0.1, 0.15) is 5.60 Å². The summed E-state index contributed by atoms with van der Waals surface area (Å²) in [5.74, 6) is -0.612. The van der Waals surface area contributed by atoms with Gasteiger partial charge in [-0.15, -0.1) is 0 Å². The second-order valence-electron chi connectivity index (χ2n) is 5.53. The molecule has 0 unspecified atom stereocenters. The molecule has 1 aromatic rings. The molecule has 5 N–H and O–H groups in total. The Morgan fingerprint density at radius 2 is 2.00 bits per heavy atom. The van der Waals surface area contributed by atoms with Crippen LogP contribution in [-0.4, -0.2) is 29.3 Å². The number of hydrogen-bond acceptors (Lipinski definition) is 7. The molecular formula is C14H22N4O4. The maximum atomic E-state index is 11.9. The van der Waals surface area contributed by atoms with Crippen LogP contribution in [0, 0.1) is 0 Å². The van der Waals surface area contributed by atoms with Gasteiger partial charge >= 0.3 is 12.1 Å². The molecule has 0 radical (unpaired) electrons. The van der Waals surface area contributed by atoms with Gasteiger partial charge in [-0.3, -0.25) is 10.3 Å². The van der Waals surface area contributed by atoms with E-state index in [-0.39, 0.29) is 23.6 Å². The van der Waals surface area contributed by atoms with Gasteiger partial charge in [-0.05, 0) is 33.8 Å². The van der Waals surface area contributed by atoms with E-state index in [1.807, 2.05) is 0 Å². The monoisotopic (exact) mass is 310 g/mol. The van der Waals surface area contributed by atoms with Crippen molar-refractivity contribution in [1.29, 1.82) is 0 Å². The lowest BCUT2D eigenvalue weighted by Crippen LogP contribution is -2.28. The van der Waals surface area contributed by atoms with Crippen LogP contribution in [0.5, 0.6) is 0 Å². The number of esters is 1. The standard InChI is InChI=1S/C14H22N4O4/c1-5-21-12(19)9-6-8(7-17-10(9)11(15)16)18-13(20)22-14(2,3)4/h6-7,11H,5,15-16H2,1-4H3,(H,18,20). The van der Waals surface area contributed by atoms with Crippen molar-refractivity contribution in [2.45, 2.75) is 39.5 Å². The number of amides is 1. The van der Waals surface area contributed by atoms with E-state index in [1.165, 1.54) is 12.3 Å². The zero-order valence-electron chi connectivity index (χ0n) is 13.2. The van der Waals surface area contributed by atoms with E-state index >= 15 is 0 Å². The molecule has 0 aliphatic carbocycles. The van der Waals surface area contributed by atoms with Crippen LogP contribution in [0.2, 0.25) is 0 Å². The highest BCUT2D eigenvalue weighted by molar-refractivity contribution is 5.93. The molecule has 0 aliphatic rings. The number of aromatic nitrogens is 1. The molecule has 1 rings (SSSR count). The van der Waals surface area contributed by atoms with Crippen molar-refractivity contribution in [1.82, 2.24) is 4.98 Å². The highest BCUT2D eigenvalue weighted by atomic mass is 16.6. The van der Waals surface area contributed by atoms with Crippen LogP contribution >= 0.6 is 0 Å². The summed E-state index contributed by atoms with van der Waals surface area (Å²) >= 11 is 0. The molecule has 0 bridgehead atoms. The summed E-state index contributed by atoms with van der Waals surface area (Å²) < 4.78 is 10.0. The summed E-state index contributed by atoms with van der Waals surface area (Å²) in [6.07, 6.45) is -0.252. The predicted octanol–water partition coefficient (Wildman–Crippen LogP) is 1.52. The van der Waals surface area contributed by atoms with E-state index in [1.54, 1.807) is 27.7 Å². The van der Waals surface area contributed by atoms with Gasteiger partial charge in [-0.1, -0.05) is 0 Å². The highest BCUT2D eigenvalue weighted by Gasteiger charge is 2.20. The van der Waals surface area contributed by atoms with E-state index in [9.17, 15) is 9.59 Å². The second kappa shape index (κ2) is 7.19. The Morgan fingerprint density at radius 3 is 2.50 bits per heavy atom. The maximum Gasteiger partial charge on any atom is 0.412 e. The van der Waals surface area contributed by atoms with Crippen LogP contribution < -0.4 is 16.8 Å². The molecule has 0 aliphatic heterocycles. The first-order valence-corrected chi connectivity index (χ1v) is 6.82. The molecule has 1 heterocycles. The molecule has 8 heteroatoms. The Morgan fingerprint density at radius 1 is 1.36 bits per heavy atom. The Hall–Kier alpha value is -2.19. The number of hydrogen-bond donors (Lipinski definition) is 3. The zero-order chi connectivity index (χ0) is 16.9. The quantitative estimate of drug-likeness (QED) is 0.567. The van der Waals surface area contributed by atoms with E-state index in [4.69, 9.17) is 20.9 Å². The molecule has 0 saturated carbocycles. The van der Waals surface area contributed by atoms with Crippen LogP contribution in [0.4, 0.5) is 10.5 Å².